The van der Waals surface area contributed by atoms with Crippen molar-refractivity contribution in [3.05, 3.63) is 58.6 Å². The SMILES string of the molecule is CCc1ccc(N(C)c2cccc(Cl)c2CNC)cc1. The highest BCUT2D eigenvalue weighted by Crippen LogP contribution is 2.31. The molecule has 0 heterocycles. The summed E-state index contributed by atoms with van der Waals surface area (Å²) < 4.78 is 0. The fourth-order valence-corrected chi connectivity index (χ4v) is 2.54. The van der Waals surface area contributed by atoms with Crippen LogP contribution in [0.2, 0.25) is 5.02 Å². The first-order chi connectivity index (χ1) is 9.67. The van der Waals surface area contributed by atoms with Crippen LogP contribution in [0.5, 0.6) is 0 Å². The van der Waals surface area contributed by atoms with Crippen molar-refractivity contribution in [1.29, 1.82) is 0 Å². The quantitative estimate of drug-likeness (QED) is 0.878. The zero-order valence-corrected chi connectivity index (χ0v) is 13.0. The van der Waals surface area contributed by atoms with Crippen LogP contribution < -0.4 is 10.2 Å². The summed E-state index contributed by atoms with van der Waals surface area (Å²) in [6.45, 7) is 2.92. The molecule has 2 nitrogen and oxygen atoms in total. The third-order valence-electron chi connectivity index (χ3n) is 3.54. The molecule has 0 saturated heterocycles. The summed E-state index contributed by atoms with van der Waals surface area (Å²) in [5.74, 6) is 0. The first-order valence-corrected chi connectivity index (χ1v) is 7.29. The number of aryl methyl sites for hydroxylation is 1. The van der Waals surface area contributed by atoms with Crippen LogP contribution in [0, 0.1) is 0 Å². The van der Waals surface area contributed by atoms with E-state index in [1.165, 1.54) is 11.3 Å². The van der Waals surface area contributed by atoms with Gasteiger partial charge in [0.25, 0.3) is 0 Å². The van der Waals surface area contributed by atoms with E-state index >= 15 is 0 Å². The van der Waals surface area contributed by atoms with E-state index < -0.39 is 0 Å². The number of anilines is 2. The van der Waals surface area contributed by atoms with E-state index in [4.69, 9.17) is 11.6 Å². The number of rotatable bonds is 5. The molecule has 0 aliphatic heterocycles. The van der Waals surface area contributed by atoms with E-state index in [2.05, 4.69) is 54.5 Å². The fourth-order valence-electron chi connectivity index (χ4n) is 2.31. The smallest absolute Gasteiger partial charge is 0.0471 e. The summed E-state index contributed by atoms with van der Waals surface area (Å²) in [6.07, 6.45) is 1.06. The zero-order chi connectivity index (χ0) is 14.5. The number of halogens is 1. The maximum absolute atomic E-state index is 6.32. The minimum absolute atomic E-state index is 0.756. The Kier molecular flexibility index (Phi) is 5.05. The van der Waals surface area contributed by atoms with Gasteiger partial charge in [0.1, 0.15) is 0 Å². The second kappa shape index (κ2) is 6.78. The van der Waals surface area contributed by atoms with Crippen molar-refractivity contribution in [1.82, 2.24) is 5.32 Å². The molecule has 2 aromatic rings. The minimum atomic E-state index is 0.756. The van der Waals surface area contributed by atoms with Gasteiger partial charge in [0.2, 0.25) is 0 Å². The summed E-state index contributed by atoms with van der Waals surface area (Å²) in [6, 6.07) is 14.7. The van der Waals surface area contributed by atoms with Crippen LogP contribution in [0.15, 0.2) is 42.5 Å². The second-order valence-electron chi connectivity index (χ2n) is 4.85. The molecule has 0 fully saturated rings. The monoisotopic (exact) mass is 288 g/mol. The van der Waals surface area contributed by atoms with Crippen LogP contribution in [0.3, 0.4) is 0 Å². The maximum atomic E-state index is 6.32. The molecule has 0 bridgehead atoms. The highest BCUT2D eigenvalue weighted by Gasteiger charge is 2.11. The van der Waals surface area contributed by atoms with Crippen molar-refractivity contribution in [2.24, 2.45) is 0 Å². The average Bonchev–Trinajstić information content (AvgIpc) is 2.49. The summed E-state index contributed by atoms with van der Waals surface area (Å²) in [4.78, 5) is 2.18. The molecule has 0 aromatic heterocycles. The number of nitrogens with one attached hydrogen (secondary N) is 1. The lowest BCUT2D eigenvalue weighted by atomic mass is 10.1. The molecular formula is C17H21ClN2. The van der Waals surface area contributed by atoms with E-state index in [9.17, 15) is 0 Å². The molecule has 0 atom stereocenters. The molecule has 2 aromatic carbocycles. The van der Waals surface area contributed by atoms with Gasteiger partial charge in [0, 0.05) is 35.6 Å². The molecule has 0 aliphatic rings. The predicted molar refractivity (Wildman–Crippen MR) is 88.1 cm³/mol. The van der Waals surface area contributed by atoms with E-state index in [0.29, 0.717) is 0 Å². The Morgan fingerprint density at radius 3 is 2.40 bits per heavy atom. The molecule has 2 rings (SSSR count). The first kappa shape index (κ1) is 14.9. The minimum Gasteiger partial charge on any atom is -0.344 e. The van der Waals surface area contributed by atoms with Gasteiger partial charge in [0.15, 0.2) is 0 Å². The number of nitrogens with zero attached hydrogens (tertiary/aromatic N) is 1. The maximum Gasteiger partial charge on any atom is 0.0471 e. The van der Waals surface area contributed by atoms with Crippen LogP contribution in [-0.4, -0.2) is 14.1 Å². The lowest BCUT2D eigenvalue weighted by Crippen LogP contribution is -2.15. The van der Waals surface area contributed by atoms with Crippen molar-refractivity contribution in [2.45, 2.75) is 19.9 Å². The van der Waals surface area contributed by atoms with Gasteiger partial charge in [-0.05, 0) is 43.3 Å². The highest BCUT2D eigenvalue weighted by molar-refractivity contribution is 6.31. The Bertz CT molecular complexity index is 564. The largest absolute Gasteiger partial charge is 0.344 e. The normalized spacial score (nSPS) is 10.6. The molecule has 3 heteroatoms. The Balaban J connectivity index is 2.36. The second-order valence-corrected chi connectivity index (χ2v) is 5.25. The van der Waals surface area contributed by atoms with E-state index in [1.54, 1.807) is 0 Å². The molecular weight excluding hydrogens is 268 g/mol. The third-order valence-corrected chi connectivity index (χ3v) is 3.90. The van der Waals surface area contributed by atoms with Gasteiger partial charge in [-0.15, -0.1) is 0 Å². The predicted octanol–water partition coefficient (Wildman–Crippen LogP) is 4.39. The van der Waals surface area contributed by atoms with E-state index in [0.717, 1.165) is 29.2 Å². The standard InChI is InChI=1S/C17H21ClN2/c1-4-13-8-10-14(11-9-13)20(3)17-7-5-6-16(18)15(17)12-19-2/h5-11,19H,4,12H2,1-3H3. The number of benzene rings is 2. The van der Waals surface area contributed by atoms with Crippen molar-refractivity contribution in [3.63, 3.8) is 0 Å². The Morgan fingerprint density at radius 1 is 1.10 bits per heavy atom. The summed E-state index contributed by atoms with van der Waals surface area (Å²) in [5, 5.41) is 3.98. The van der Waals surface area contributed by atoms with E-state index in [-0.39, 0.29) is 0 Å². The van der Waals surface area contributed by atoms with Crippen LogP contribution in [-0.2, 0) is 13.0 Å². The van der Waals surface area contributed by atoms with E-state index in [1.807, 2.05) is 19.2 Å². The van der Waals surface area contributed by atoms with Crippen LogP contribution >= 0.6 is 11.6 Å². The molecule has 1 N–H and O–H groups in total. The van der Waals surface area contributed by atoms with Gasteiger partial charge in [-0.3, -0.25) is 0 Å². The molecule has 0 unspecified atom stereocenters. The topological polar surface area (TPSA) is 15.3 Å². The third kappa shape index (κ3) is 3.14. The summed E-state index contributed by atoms with van der Waals surface area (Å²) in [5.41, 5.74) is 4.78. The average molecular weight is 289 g/mol. The van der Waals surface area contributed by atoms with Crippen molar-refractivity contribution < 1.29 is 0 Å². The lowest BCUT2D eigenvalue weighted by Gasteiger charge is -2.23. The van der Waals surface area contributed by atoms with Gasteiger partial charge >= 0.3 is 0 Å². The Morgan fingerprint density at radius 2 is 1.80 bits per heavy atom. The van der Waals surface area contributed by atoms with Crippen LogP contribution in [0.4, 0.5) is 11.4 Å². The van der Waals surface area contributed by atoms with Gasteiger partial charge in [-0.1, -0.05) is 36.7 Å². The molecule has 0 saturated carbocycles. The summed E-state index contributed by atoms with van der Waals surface area (Å²) in [7, 11) is 4.01. The molecule has 106 valence electrons. The van der Waals surface area contributed by atoms with Crippen LogP contribution in [0.1, 0.15) is 18.1 Å². The molecule has 0 radical (unpaired) electrons. The van der Waals surface area contributed by atoms with Gasteiger partial charge in [-0.25, -0.2) is 0 Å². The lowest BCUT2D eigenvalue weighted by molar-refractivity contribution is 0.816. The molecule has 0 spiro atoms. The molecule has 0 amide bonds. The van der Waals surface area contributed by atoms with Crippen LogP contribution in [0.25, 0.3) is 0 Å². The zero-order valence-electron chi connectivity index (χ0n) is 12.3. The van der Waals surface area contributed by atoms with Crippen molar-refractivity contribution in [2.75, 3.05) is 19.0 Å². The Labute approximate surface area is 126 Å². The summed E-state index contributed by atoms with van der Waals surface area (Å²) >= 11 is 6.32. The van der Waals surface area contributed by atoms with Crippen molar-refractivity contribution >= 4 is 23.0 Å². The first-order valence-electron chi connectivity index (χ1n) is 6.92. The molecule has 0 aliphatic carbocycles. The van der Waals surface area contributed by atoms with Crippen molar-refractivity contribution in [3.8, 4) is 0 Å². The Hall–Kier alpha value is -1.51. The van der Waals surface area contributed by atoms with Gasteiger partial charge in [0.05, 0.1) is 0 Å². The van der Waals surface area contributed by atoms with Gasteiger partial charge < -0.3 is 10.2 Å². The number of hydrogen-bond donors (Lipinski definition) is 1. The molecule has 20 heavy (non-hydrogen) atoms. The van der Waals surface area contributed by atoms with Gasteiger partial charge in [-0.2, -0.15) is 0 Å². The number of hydrogen-bond acceptors (Lipinski definition) is 2. The fraction of sp³-hybridized carbons (Fsp3) is 0.294. The highest BCUT2D eigenvalue weighted by atomic mass is 35.5.